The second kappa shape index (κ2) is 5.82. The molecule has 0 radical (unpaired) electrons. The average Bonchev–Trinajstić information content (AvgIpc) is 2.74. The molecule has 1 fully saturated rings. The van der Waals surface area contributed by atoms with Gasteiger partial charge in [-0.15, -0.1) is 0 Å². The molecule has 1 aliphatic heterocycles. The van der Waals surface area contributed by atoms with Crippen molar-refractivity contribution in [2.24, 2.45) is 11.8 Å². The van der Waals surface area contributed by atoms with Crippen molar-refractivity contribution in [3.05, 3.63) is 48.0 Å². The first kappa shape index (κ1) is 14.0. The molecule has 2 atom stereocenters. The summed E-state index contributed by atoms with van der Waals surface area (Å²) in [7, 11) is 1.94. The summed E-state index contributed by atoms with van der Waals surface area (Å²) in [5, 5.41) is 0. The third-order valence-electron chi connectivity index (χ3n) is 4.28. The maximum atomic E-state index is 12.4. The van der Waals surface area contributed by atoms with E-state index in [0.29, 0.717) is 19.5 Å². The van der Waals surface area contributed by atoms with E-state index in [2.05, 4.69) is 0 Å². The summed E-state index contributed by atoms with van der Waals surface area (Å²) >= 11 is 0. The van der Waals surface area contributed by atoms with Crippen molar-refractivity contribution in [1.82, 2.24) is 9.80 Å². The van der Waals surface area contributed by atoms with E-state index in [1.165, 1.54) is 10.5 Å². The van der Waals surface area contributed by atoms with Crippen LogP contribution in [0.4, 0.5) is 0 Å². The molecular formula is C17H20N2O2. The molecule has 21 heavy (non-hydrogen) atoms. The molecule has 1 aliphatic carbocycles. The molecule has 0 N–H and O–H groups in total. The Balaban J connectivity index is 1.65. The van der Waals surface area contributed by atoms with Crippen LogP contribution >= 0.6 is 0 Å². The predicted molar refractivity (Wildman–Crippen MR) is 80.0 cm³/mol. The molecule has 0 saturated carbocycles. The normalized spacial score (nSPS) is 24.8. The van der Waals surface area contributed by atoms with Gasteiger partial charge in [-0.3, -0.25) is 19.4 Å². The van der Waals surface area contributed by atoms with Crippen molar-refractivity contribution < 1.29 is 9.59 Å². The van der Waals surface area contributed by atoms with Crippen LogP contribution in [0.1, 0.15) is 18.4 Å². The first-order valence-electron chi connectivity index (χ1n) is 7.39. The summed E-state index contributed by atoms with van der Waals surface area (Å²) in [5.41, 5.74) is 1.18. The van der Waals surface area contributed by atoms with Crippen LogP contribution in [0.5, 0.6) is 0 Å². The van der Waals surface area contributed by atoms with Gasteiger partial charge in [0.05, 0.1) is 18.5 Å². The quantitative estimate of drug-likeness (QED) is 0.627. The van der Waals surface area contributed by atoms with Gasteiger partial charge in [-0.1, -0.05) is 42.5 Å². The summed E-state index contributed by atoms with van der Waals surface area (Å²) < 4.78 is 0. The van der Waals surface area contributed by atoms with Gasteiger partial charge in [0.2, 0.25) is 11.8 Å². The van der Waals surface area contributed by atoms with E-state index in [9.17, 15) is 9.59 Å². The molecule has 4 heteroatoms. The number of hydrogen-bond donors (Lipinski definition) is 0. The summed E-state index contributed by atoms with van der Waals surface area (Å²) in [6, 6.07) is 10.1. The van der Waals surface area contributed by atoms with E-state index >= 15 is 0 Å². The fraction of sp³-hybridized carbons (Fsp3) is 0.412. The number of hydrogen-bond acceptors (Lipinski definition) is 3. The Bertz CT molecular complexity index is 541. The molecule has 0 aromatic heterocycles. The highest BCUT2D eigenvalue weighted by molar-refractivity contribution is 6.05. The number of imide groups is 1. The minimum atomic E-state index is -0.132. The first-order valence-corrected chi connectivity index (χ1v) is 7.39. The molecule has 2 amide bonds. The Kier molecular flexibility index (Phi) is 3.88. The van der Waals surface area contributed by atoms with Crippen LogP contribution in [0.2, 0.25) is 0 Å². The van der Waals surface area contributed by atoms with Crippen LogP contribution in [-0.4, -0.2) is 35.3 Å². The van der Waals surface area contributed by atoms with Crippen LogP contribution in [0.15, 0.2) is 42.5 Å². The monoisotopic (exact) mass is 284 g/mol. The van der Waals surface area contributed by atoms with Crippen LogP contribution in [0.3, 0.4) is 0 Å². The largest absolute Gasteiger partial charge is 0.284 e. The molecule has 4 nitrogen and oxygen atoms in total. The Labute approximate surface area is 125 Å². The van der Waals surface area contributed by atoms with E-state index in [4.69, 9.17) is 0 Å². The Morgan fingerprint density at radius 1 is 1.05 bits per heavy atom. The number of rotatable bonds is 4. The molecule has 1 heterocycles. The lowest BCUT2D eigenvalue weighted by Gasteiger charge is -2.23. The van der Waals surface area contributed by atoms with Gasteiger partial charge in [0.1, 0.15) is 0 Å². The highest BCUT2D eigenvalue weighted by Gasteiger charge is 2.47. The van der Waals surface area contributed by atoms with Gasteiger partial charge in [0, 0.05) is 6.54 Å². The van der Waals surface area contributed by atoms with Gasteiger partial charge in [-0.25, -0.2) is 0 Å². The van der Waals surface area contributed by atoms with E-state index < -0.39 is 0 Å². The van der Waals surface area contributed by atoms with E-state index in [1.807, 2.05) is 54.4 Å². The fourth-order valence-corrected chi connectivity index (χ4v) is 3.19. The van der Waals surface area contributed by atoms with Crippen LogP contribution < -0.4 is 0 Å². The number of carbonyl (C=O) groups is 2. The number of likely N-dealkylation sites (tertiary alicyclic amines) is 1. The molecule has 0 spiro atoms. The van der Waals surface area contributed by atoms with Gasteiger partial charge < -0.3 is 0 Å². The zero-order chi connectivity index (χ0) is 14.8. The molecule has 0 unspecified atom stereocenters. The lowest BCUT2D eigenvalue weighted by atomic mass is 9.85. The Morgan fingerprint density at radius 3 is 2.19 bits per heavy atom. The van der Waals surface area contributed by atoms with Crippen molar-refractivity contribution in [2.75, 3.05) is 13.7 Å². The zero-order valence-electron chi connectivity index (χ0n) is 12.2. The number of amides is 2. The minimum Gasteiger partial charge on any atom is -0.284 e. The zero-order valence-corrected chi connectivity index (χ0v) is 12.2. The summed E-state index contributed by atoms with van der Waals surface area (Å²) in [6.07, 6.45) is 5.44. The summed E-state index contributed by atoms with van der Waals surface area (Å²) in [6.45, 7) is 1.10. The molecule has 1 saturated heterocycles. The Morgan fingerprint density at radius 2 is 1.62 bits per heavy atom. The summed E-state index contributed by atoms with van der Waals surface area (Å²) in [4.78, 5) is 28.2. The lowest BCUT2D eigenvalue weighted by Crippen LogP contribution is -2.40. The lowest BCUT2D eigenvalue weighted by molar-refractivity contribution is -0.142. The molecule has 3 rings (SSSR count). The smallest absolute Gasteiger partial charge is 0.234 e. The number of fused-ring (bicyclic) bond motifs is 1. The number of carbonyl (C=O) groups excluding carboxylic acids is 2. The third-order valence-corrected chi connectivity index (χ3v) is 4.28. The topological polar surface area (TPSA) is 40.6 Å². The summed E-state index contributed by atoms with van der Waals surface area (Å²) in [5.74, 6) is -0.274. The van der Waals surface area contributed by atoms with Gasteiger partial charge in [-0.05, 0) is 25.5 Å². The van der Waals surface area contributed by atoms with E-state index in [1.54, 1.807) is 0 Å². The van der Waals surface area contributed by atoms with Crippen molar-refractivity contribution in [1.29, 1.82) is 0 Å². The first-order chi connectivity index (χ1) is 10.2. The molecule has 1 aromatic rings. The SMILES string of the molecule is CN(Cc1ccccc1)CN1C(=O)[C@H]2CC=CC[C@@H]2C1=O. The molecule has 1 aromatic carbocycles. The van der Waals surface area contributed by atoms with Gasteiger partial charge in [0.25, 0.3) is 0 Å². The molecule has 2 aliphatic rings. The number of nitrogens with zero attached hydrogens (tertiary/aromatic N) is 2. The maximum absolute atomic E-state index is 12.4. The second-order valence-electron chi connectivity index (χ2n) is 5.90. The van der Waals surface area contributed by atoms with E-state index in [-0.39, 0.29) is 23.7 Å². The van der Waals surface area contributed by atoms with Crippen LogP contribution in [-0.2, 0) is 16.1 Å². The van der Waals surface area contributed by atoms with Crippen molar-refractivity contribution in [3.8, 4) is 0 Å². The van der Waals surface area contributed by atoms with Gasteiger partial charge >= 0.3 is 0 Å². The Hall–Kier alpha value is -1.94. The van der Waals surface area contributed by atoms with E-state index in [0.717, 1.165) is 6.54 Å². The predicted octanol–water partition coefficient (Wildman–Crippen LogP) is 2.03. The fourth-order valence-electron chi connectivity index (χ4n) is 3.19. The van der Waals surface area contributed by atoms with Gasteiger partial charge in [-0.2, -0.15) is 0 Å². The van der Waals surface area contributed by atoms with Crippen molar-refractivity contribution >= 4 is 11.8 Å². The molecule has 0 bridgehead atoms. The number of allylic oxidation sites excluding steroid dienone is 2. The van der Waals surface area contributed by atoms with Crippen molar-refractivity contribution in [3.63, 3.8) is 0 Å². The minimum absolute atomic E-state index is 0.00531. The van der Waals surface area contributed by atoms with Gasteiger partial charge in [0.15, 0.2) is 0 Å². The molecule has 110 valence electrons. The number of benzene rings is 1. The molecular weight excluding hydrogens is 264 g/mol. The standard InChI is InChI=1S/C17H20N2O2/c1-18(11-13-7-3-2-4-8-13)12-19-16(20)14-9-5-6-10-15(14)17(19)21/h2-8,14-15H,9-12H2,1H3/t14-,15-/m0/s1. The third kappa shape index (κ3) is 2.76. The highest BCUT2D eigenvalue weighted by atomic mass is 16.2. The highest BCUT2D eigenvalue weighted by Crippen LogP contribution is 2.34. The average molecular weight is 284 g/mol. The second-order valence-corrected chi connectivity index (χ2v) is 5.90. The maximum Gasteiger partial charge on any atom is 0.234 e. The van der Waals surface area contributed by atoms with Crippen LogP contribution in [0.25, 0.3) is 0 Å². The van der Waals surface area contributed by atoms with Crippen molar-refractivity contribution in [2.45, 2.75) is 19.4 Å². The van der Waals surface area contributed by atoms with Crippen LogP contribution in [0, 0.1) is 11.8 Å².